The summed E-state index contributed by atoms with van der Waals surface area (Å²) in [5.74, 6) is 1.71. The van der Waals surface area contributed by atoms with Crippen LogP contribution in [-0.2, 0) is 11.3 Å². The van der Waals surface area contributed by atoms with Gasteiger partial charge in [0, 0.05) is 71.1 Å². The second-order valence-electron chi connectivity index (χ2n) is 9.24. The SMILES string of the molecule is COc1ccc(CN2CCN(C(C)=O)CC2)cc1OC1CCN(C(=O)c2ccc(C)cc2)CC1. The zero-order valence-corrected chi connectivity index (χ0v) is 20.5. The molecular formula is C27H35N3O4. The molecule has 7 heteroatoms. The highest BCUT2D eigenvalue weighted by Gasteiger charge is 2.26. The van der Waals surface area contributed by atoms with E-state index < -0.39 is 0 Å². The lowest BCUT2D eigenvalue weighted by atomic mass is 10.1. The molecule has 2 aliphatic rings. The fraction of sp³-hybridized carbons (Fsp3) is 0.481. The molecule has 0 N–H and O–H groups in total. The number of nitrogens with zero attached hydrogens (tertiary/aromatic N) is 3. The lowest BCUT2D eigenvalue weighted by molar-refractivity contribution is -0.130. The van der Waals surface area contributed by atoms with Gasteiger partial charge in [-0.05, 0) is 36.8 Å². The Morgan fingerprint density at radius 1 is 0.882 bits per heavy atom. The zero-order valence-electron chi connectivity index (χ0n) is 20.5. The van der Waals surface area contributed by atoms with Gasteiger partial charge in [0.15, 0.2) is 11.5 Å². The van der Waals surface area contributed by atoms with E-state index in [4.69, 9.17) is 9.47 Å². The Hall–Kier alpha value is -3.06. The molecule has 2 heterocycles. The average molecular weight is 466 g/mol. The van der Waals surface area contributed by atoms with Crippen LogP contribution < -0.4 is 9.47 Å². The van der Waals surface area contributed by atoms with Crippen LogP contribution >= 0.6 is 0 Å². The predicted octanol–water partition coefficient (Wildman–Crippen LogP) is 3.35. The van der Waals surface area contributed by atoms with Crippen LogP contribution in [0.5, 0.6) is 11.5 Å². The van der Waals surface area contributed by atoms with Crippen molar-refractivity contribution in [3.8, 4) is 11.5 Å². The molecule has 2 aromatic rings. The van der Waals surface area contributed by atoms with Gasteiger partial charge in [0.1, 0.15) is 6.10 Å². The molecule has 7 nitrogen and oxygen atoms in total. The number of rotatable bonds is 6. The van der Waals surface area contributed by atoms with Gasteiger partial charge in [-0.25, -0.2) is 0 Å². The minimum absolute atomic E-state index is 0.0466. The predicted molar refractivity (Wildman–Crippen MR) is 131 cm³/mol. The van der Waals surface area contributed by atoms with Crippen LogP contribution in [0.3, 0.4) is 0 Å². The van der Waals surface area contributed by atoms with Crippen LogP contribution in [0.1, 0.15) is 41.3 Å². The third-order valence-electron chi connectivity index (χ3n) is 6.77. The third kappa shape index (κ3) is 5.89. The number of carbonyl (C=O) groups excluding carboxylic acids is 2. The first-order valence-electron chi connectivity index (χ1n) is 12.1. The molecule has 0 aliphatic carbocycles. The normalized spacial score (nSPS) is 17.5. The third-order valence-corrected chi connectivity index (χ3v) is 6.77. The number of carbonyl (C=O) groups is 2. The van der Waals surface area contributed by atoms with Crippen LogP contribution in [0.2, 0.25) is 0 Å². The topological polar surface area (TPSA) is 62.3 Å². The summed E-state index contributed by atoms with van der Waals surface area (Å²) in [6, 6.07) is 13.9. The second-order valence-corrected chi connectivity index (χ2v) is 9.24. The molecule has 4 rings (SSSR count). The number of hydrogen-bond donors (Lipinski definition) is 0. The van der Waals surface area contributed by atoms with Crippen molar-refractivity contribution in [2.45, 2.75) is 39.3 Å². The molecule has 2 aromatic carbocycles. The molecule has 0 bridgehead atoms. The molecule has 0 aromatic heterocycles. The van der Waals surface area contributed by atoms with E-state index in [1.54, 1.807) is 14.0 Å². The number of amides is 2. The number of piperazine rings is 1. The maximum atomic E-state index is 12.8. The zero-order chi connectivity index (χ0) is 24.1. The summed E-state index contributed by atoms with van der Waals surface area (Å²) in [4.78, 5) is 30.5. The molecule has 0 spiro atoms. The minimum Gasteiger partial charge on any atom is -0.493 e. The van der Waals surface area contributed by atoms with Crippen molar-refractivity contribution in [1.29, 1.82) is 0 Å². The summed E-state index contributed by atoms with van der Waals surface area (Å²) in [6.45, 7) is 9.11. The van der Waals surface area contributed by atoms with E-state index in [0.717, 1.165) is 68.2 Å². The minimum atomic E-state index is 0.0466. The highest BCUT2D eigenvalue weighted by Crippen LogP contribution is 2.31. The van der Waals surface area contributed by atoms with Crippen LogP contribution in [0.15, 0.2) is 42.5 Å². The lowest BCUT2D eigenvalue weighted by Gasteiger charge is -2.34. The van der Waals surface area contributed by atoms with Crippen molar-refractivity contribution >= 4 is 11.8 Å². The highest BCUT2D eigenvalue weighted by atomic mass is 16.5. The van der Waals surface area contributed by atoms with Gasteiger partial charge in [0.05, 0.1) is 7.11 Å². The fourth-order valence-corrected chi connectivity index (χ4v) is 4.63. The summed E-state index contributed by atoms with van der Waals surface area (Å²) < 4.78 is 11.9. The monoisotopic (exact) mass is 465 g/mol. The quantitative estimate of drug-likeness (QED) is 0.655. The Morgan fingerprint density at radius 3 is 2.18 bits per heavy atom. The molecule has 2 amide bonds. The van der Waals surface area contributed by atoms with E-state index in [2.05, 4.69) is 17.0 Å². The Balaban J connectivity index is 1.33. The number of methoxy groups -OCH3 is 1. The first-order chi connectivity index (χ1) is 16.4. The van der Waals surface area contributed by atoms with E-state index in [1.165, 1.54) is 5.56 Å². The van der Waals surface area contributed by atoms with Crippen LogP contribution in [0.4, 0.5) is 0 Å². The smallest absolute Gasteiger partial charge is 0.253 e. The summed E-state index contributed by atoms with van der Waals surface area (Å²) in [5, 5.41) is 0. The average Bonchev–Trinajstić information content (AvgIpc) is 2.85. The summed E-state index contributed by atoms with van der Waals surface area (Å²) in [7, 11) is 1.66. The van der Waals surface area contributed by atoms with Gasteiger partial charge in [-0.15, -0.1) is 0 Å². The van der Waals surface area contributed by atoms with E-state index in [1.807, 2.05) is 47.1 Å². The molecule has 0 radical (unpaired) electrons. The first-order valence-corrected chi connectivity index (χ1v) is 12.1. The van der Waals surface area contributed by atoms with E-state index >= 15 is 0 Å². The molecule has 34 heavy (non-hydrogen) atoms. The second kappa shape index (κ2) is 10.9. The molecule has 182 valence electrons. The van der Waals surface area contributed by atoms with Crippen LogP contribution in [0, 0.1) is 6.92 Å². The Labute approximate surface area is 202 Å². The molecule has 2 fully saturated rings. The van der Waals surface area contributed by atoms with Crippen molar-refractivity contribution in [2.24, 2.45) is 0 Å². The van der Waals surface area contributed by atoms with Gasteiger partial charge >= 0.3 is 0 Å². The summed E-state index contributed by atoms with van der Waals surface area (Å²) >= 11 is 0. The molecule has 2 saturated heterocycles. The van der Waals surface area contributed by atoms with Crippen molar-refractivity contribution in [3.63, 3.8) is 0 Å². The van der Waals surface area contributed by atoms with E-state index in [0.29, 0.717) is 13.1 Å². The first kappa shape index (κ1) is 24.1. The summed E-state index contributed by atoms with van der Waals surface area (Å²) in [5.41, 5.74) is 3.06. The van der Waals surface area contributed by atoms with Gasteiger partial charge in [0.2, 0.25) is 5.91 Å². The lowest BCUT2D eigenvalue weighted by Crippen LogP contribution is -2.47. The van der Waals surface area contributed by atoms with Gasteiger partial charge in [-0.3, -0.25) is 14.5 Å². The summed E-state index contributed by atoms with van der Waals surface area (Å²) in [6.07, 6.45) is 1.63. The van der Waals surface area contributed by atoms with Crippen molar-refractivity contribution < 1.29 is 19.1 Å². The van der Waals surface area contributed by atoms with Crippen molar-refractivity contribution in [3.05, 3.63) is 59.2 Å². The Morgan fingerprint density at radius 2 is 1.56 bits per heavy atom. The van der Waals surface area contributed by atoms with Crippen molar-refractivity contribution in [2.75, 3.05) is 46.4 Å². The van der Waals surface area contributed by atoms with Crippen LogP contribution in [0.25, 0.3) is 0 Å². The van der Waals surface area contributed by atoms with Crippen LogP contribution in [-0.4, -0.2) is 79.0 Å². The molecule has 2 aliphatic heterocycles. The van der Waals surface area contributed by atoms with Gasteiger partial charge in [-0.1, -0.05) is 23.8 Å². The number of hydrogen-bond acceptors (Lipinski definition) is 5. The Bertz CT molecular complexity index is 991. The fourth-order valence-electron chi connectivity index (χ4n) is 4.63. The maximum absolute atomic E-state index is 12.8. The Kier molecular flexibility index (Phi) is 7.73. The molecule has 0 unspecified atom stereocenters. The van der Waals surface area contributed by atoms with Crippen molar-refractivity contribution in [1.82, 2.24) is 14.7 Å². The van der Waals surface area contributed by atoms with Gasteiger partial charge < -0.3 is 19.3 Å². The number of piperidine rings is 1. The van der Waals surface area contributed by atoms with E-state index in [-0.39, 0.29) is 17.9 Å². The number of aryl methyl sites for hydroxylation is 1. The maximum Gasteiger partial charge on any atom is 0.253 e. The highest BCUT2D eigenvalue weighted by molar-refractivity contribution is 5.94. The molecule has 0 atom stereocenters. The van der Waals surface area contributed by atoms with E-state index in [9.17, 15) is 9.59 Å². The standard InChI is InChI=1S/C27H35N3O4/c1-20-4-7-23(8-5-20)27(32)30-12-10-24(11-13-30)34-26-18-22(6-9-25(26)33-3)19-28-14-16-29(17-15-28)21(2)31/h4-9,18,24H,10-17,19H2,1-3H3. The molecule has 0 saturated carbocycles. The number of benzene rings is 2. The number of likely N-dealkylation sites (tertiary alicyclic amines) is 1. The number of ether oxygens (including phenoxy) is 2. The van der Waals surface area contributed by atoms with Gasteiger partial charge in [-0.2, -0.15) is 0 Å². The largest absolute Gasteiger partial charge is 0.493 e. The molecular weight excluding hydrogens is 430 g/mol. The van der Waals surface area contributed by atoms with Gasteiger partial charge in [0.25, 0.3) is 5.91 Å².